The molecule has 0 aliphatic carbocycles. The average Bonchev–Trinajstić information content (AvgIpc) is 2.87. The molecule has 1 aromatic rings. The third kappa shape index (κ3) is 13.2. The molecule has 0 saturated carbocycles. The van der Waals surface area contributed by atoms with E-state index in [9.17, 15) is 24.3 Å². The molecule has 232 valence electrons. The Labute approximate surface area is 243 Å². The average molecular weight is 582 g/mol. The van der Waals surface area contributed by atoms with E-state index in [2.05, 4.69) is 5.32 Å². The van der Waals surface area contributed by atoms with Gasteiger partial charge in [0, 0.05) is 6.54 Å². The molecule has 41 heavy (non-hydrogen) atoms. The first-order valence-electron chi connectivity index (χ1n) is 14.3. The minimum Gasteiger partial charge on any atom is -0.480 e. The van der Waals surface area contributed by atoms with Crippen molar-refractivity contribution in [3.8, 4) is 11.5 Å². The van der Waals surface area contributed by atoms with Crippen LogP contribution in [0.3, 0.4) is 0 Å². The second kappa shape index (κ2) is 17.5. The zero-order chi connectivity index (χ0) is 31.2. The summed E-state index contributed by atoms with van der Waals surface area (Å²) >= 11 is 0. The van der Waals surface area contributed by atoms with Gasteiger partial charge in [-0.1, -0.05) is 39.7 Å². The summed E-state index contributed by atoms with van der Waals surface area (Å²) in [7, 11) is 0. The maximum atomic E-state index is 12.4. The highest BCUT2D eigenvalue weighted by atomic mass is 16.7. The Kier molecular flexibility index (Phi) is 15.2. The third-order valence-electron chi connectivity index (χ3n) is 6.51. The Hall–Kier alpha value is -3.34. The molecule has 0 bridgehead atoms. The normalized spacial score (nSPS) is 14.2. The van der Waals surface area contributed by atoms with Crippen LogP contribution in [0.4, 0.5) is 9.59 Å². The number of benzene rings is 1. The van der Waals surface area contributed by atoms with Crippen molar-refractivity contribution in [2.75, 3.05) is 6.54 Å². The van der Waals surface area contributed by atoms with Crippen molar-refractivity contribution in [2.24, 2.45) is 5.41 Å². The predicted octanol–water partition coefficient (Wildman–Crippen LogP) is 6.05. The molecule has 2 N–H and O–H groups in total. The highest BCUT2D eigenvalue weighted by molar-refractivity contribution is 5.76. The number of ether oxygens (including phenoxy) is 5. The largest absolute Gasteiger partial charge is 0.514 e. The van der Waals surface area contributed by atoms with Gasteiger partial charge in [0.15, 0.2) is 11.5 Å². The first kappa shape index (κ1) is 35.7. The summed E-state index contributed by atoms with van der Waals surface area (Å²) in [6, 6.07) is 3.32. The van der Waals surface area contributed by atoms with Crippen molar-refractivity contribution in [2.45, 2.75) is 118 Å². The van der Waals surface area contributed by atoms with Crippen LogP contribution in [0.5, 0.6) is 11.5 Å². The van der Waals surface area contributed by atoms with E-state index >= 15 is 0 Å². The summed E-state index contributed by atoms with van der Waals surface area (Å²) in [5, 5.41) is 12.7. The highest BCUT2D eigenvalue weighted by Crippen LogP contribution is 2.30. The summed E-state index contributed by atoms with van der Waals surface area (Å²) in [4.78, 5) is 49.1. The lowest BCUT2D eigenvalue weighted by Crippen LogP contribution is -2.43. The molecule has 3 unspecified atom stereocenters. The Bertz CT molecular complexity index is 1010. The fraction of sp³-hybridized carbons (Fsp3) is 0.667. The minimum atomic E-state index is -1.12. The van der Waals surface area contributed by atoms with Crippen LogP contribution in [0.15, 0.2) is 18.2 Å². The van der Waals surface area contributed by atoms with Gasteiger partial charge in [-0.15, -0.1) is 0 Å². The van der Waals surface area contributed by atoms with Gasteiger partial charge in [-0.05, 0) is 78.0 Å². The van der Waals surface area contributed by atoms with E-state index in [1.54, 1.807) is 40.7 Å². The molecule has 0 aliphatic heterocycles. The van der Waals surface area contributed by atoms with Crippen LogP contribution in [-0.2, 0) is 30.2 Å². The van der Waals surface area contributed by atoms with E-state index in [0.29, 0.717) is 24.8 Å². The van der Waals surface area contributed by atoms with Gasteiger partial charge < -0.3 is 34.1 Å². The lowest BCUT2D eigenvalue weighted by atomic mass is 9.90. The standard InChI is InChI=1S/C30H47NO10/c1-9-12-19(4)38-28(35)40-24-15-14-22(17-25(24)41-29(36)39-20(5)13-10-2)16-23(26(32)33)31-18-21(6)37-27(34)30(7,8)11-3/h14-15,17,19-21,23,31H,9-13,16,18H2,1-8H3,(H,32,33)/t19?,20?,21?,23-/m0/s1. The van der Waals surface area contributed by atoms with Gasteiger partial charge in [0.1, 0.15) is 24.4 Å². The van der Waals surface area contributed by atoms with Crippen LogP contribution in [0.2, 0.25) is 0 Å². The lowest BCUT2D eigenvalue weighted by Gasteiger charge is -2.24. The number of carbonyl (C=O) groups is 4. The molecule has 0 fully saturated rings. The number of nitrogens with one attached hydrogen (secondary N) is 1. The smallest absolute Gasteiger partial charge is 0.480 e. The van der Waals surface area contributed by atoms with Gasteiger partial charge in [-0.25, -0.2) is 9.59 Å². The molecular formula is C30H47NO10. The third-order valence-corrected chi connectivity index (χ3v) is 6.51. The molecule has 4 atom stereocenters. The van der Waals surface area contributed by atoms with Crippen LogP contribution < -0.4 is 14.8 Å². The van der Waals surface area contributed by atoms with Gasteiger partial charge in [-0.2, -0.15) is 0 Å². The van der Waals surface area contributed by atoms with Gasteiger partial charge in [0.05, 0.1) is 5.41 Å². The fourth-order valence-electron chi connectivity index (χ4n) is 3.65. The highest BCUT2D eigenvalue weighted by Gasteiger charge is 2.29. The Morgan fingerprint density at radius 2 is 1.37 bits per heavy atom. The van der Waals surface area contributed by atoms with Crippen molar-refractivity contribution < 1.29 is 48.0 Å². The summed E-state index contributed by atoms with van der Waals surface area (Å²) in [5.41, 5.74) is -0.164. The first-order valence-corrected chi connectivity index (χ1v) is 14.3. The predicted molar refractivity (Wildman–Crippen MR) is 152 cm³/mol. The molecular weight excluding hydrogens is 534 g/mol. The van der Waals surface area contributed by atoms with E-state index in [0.717, 1.165) is 12.8 Å². The molecule has 0 spiro atoms. The van der Waals surface area contributed by atoms with Crippen molar-refractivity contribution in [1.29, 1.82) is 0 Å². The number of carboxylic acid groups (broad SMARTS) is 1. The first-order chi connectivity index (χ1) is 19.2. The van der Waals surface area contributed by atoms with E-state index < -0.39 is 35.8 Å². The molecule has 11 heteroatoms. The van der Waals surface area contributed by atoms with Gasteiger partial charge in [-0.3, -0.25) is 9.59 Å². The molecule has 0 saturated heterocycles. The monoisotopic (exact) mass is 581 g/mol. The van der Waals surface area contributed by atoms with Crippen LogP contribution in [0, 0.1) is 5.41 Å². The second-order valence-electron chi connectivity index (χ2n) is 10.9. The number of carbonyl (C=O) groups excluding carboxylic acids is 3. The van der Waals surface area contributed by atoms with Crippen molar-refractivity contribution in [1.82, 2.24) is 5.32 Å². The molecule has 0 heterocycles. The maximum Gasteiger partial charge on any atom is 0.514 e. The van der Waals surface area contributed by atoms with Crippen LogP contribution in [0.1, 0.15) is 93.1 Å². The Morgan fingerprint density at radius 1 is 0.829 bits per heavy atom. The summed E-state index contributed by atoms with van der Waals surface area (Å²) in [6.07, 6.45) is 0.232. The Morgan fingerprint density at radius 3 is 1.85 bits per heavy atom. The van der Waals surface area contributed by atoms with Crippen molar-refractivity contribution in [3.63, 3.8) is 0 Å². The van der Waals surface area contributed by atoms with Gasteiger partial charge >= 0.3 is 24.2 Å². The number of hydrogen-bond donors (Lipinski definition) is 2. The van der Waals surface area contributed by atoms with Crippen LogP contribution in [-0.4, -0.2) is 60.3 Å². The number of carboxylic acids is 1. The lowest BCUT2D eigenvalue weighted by molar-refractivity contribution is -0.158. The minimum absolute atomic E-state index is 0.00758. The molecule has 0 amide bonds. The SMILES string of the molecule is CCCC(C)OC(=O)Oc1ccc(C[C@H](NCC(C)OC(=O)C(C)(C)CC)C(=O)O)cc1OC(=O)OC(C)CCC. The molecule has 0 aromatic heterocycles. The number of rotatable bonds is 17. The van der Waals surface area contributed by atoms with Crippen LogP contribution in [0.25, 0.3) is 0 Å². The zero-order valence-electron chi connectivity index (χ0n) is 25.6. The summed E-state index contributed by atoms with van der Waals surface area (Å²) in [5.74, 6) is -1.69. The van der Waals surface area contributed by atoms with Crippen LogP contribution >= 0.6 is 0 Å². The van der Waals surface area contributed by atoms with Gasteiger partial charge in [0.25, 0.3) is 0 Å². The molecule has 1 rings (SSSR count). The van der Waals surface area contributed by atoms with E-state index in [1.165, 1.54) is 12.1 Å². The van der Waals surface area contributed by atoms with Gasteiger partial charge in [0.2, 0.25) is 0 Å². The van der Waals surface area contributed by atoms with E-state index in [1.807, 2.05) is 20.8 Å². The number of aliphatic carboxylic acids is 1. The summed E-state index contributed by atoms with van der Waals surface area (Å²) < 4.78 is 26.6. The fourth-order valence-corrected chi connectivity index (χ4v) is 3.65. The summed E-state index contributed by atoms with van der Waals surface area (Å²) in [6.45, 7) is 14.6. The van der Waals surface area contributed by atoms with Crippen molar-refractivity contribution >= 4 is 24.2 Å². The van der Waals surface area contributed by atoms with Crippen molar-refractivity contribution in [3.05, 3.63) is 23.8 Å². The van der Waals surface area contributed by atoms with E-state index in [-0.39, 0.29) is 42.6 Å². The maximum absolute atomic E-state index is 12.4. The quantitative estimate of drug-likeness (QED) is 0.126. The topological polar surface area (TPSA) is 147 Å². The second-order valence-corrected chi connectivity index (χ2v) is 10.9. The van der Waals surface area contributed by atoms with E-state index in [4.69, 9.17) is 23.7 Å². The number of esters is 1. The Balaban J connectivity index is 3.06. The molecule has 11 nitrogen and oxygen atoms in total. The molecule has 1 aromatic carbocycles. The number of hydrogen-bond acceptors (Lipinski definition) is 10. The molecule has 0 aliphatic rings. The molecule has 0 radical (unpaired) electrons. The zero-order valence-corrected chi connectivity index (χ0v) is 25.6.